The molecule has 0 aliphatic heterocycles. The molecule has 122 valence electrons. The van der Waals surface area contributed by atoms with Gasteiger partial charge in [-0.3, -0.25) is 9.79 Å². The quantitative estimate of drug-likeness (QED) is 0.209. The van der Waals surface area contributed by atoms with E-state index in [1.807, 2.05) is 6.08 Å². The molecule has 0 aromatic heterocycles. The number of methoxy groups -OCH3 is 1. The van der Waals surface area contributed by atoms with Crippen LogP contribution in [0.5, 0.6) is 0 Å². The van der Waals surface area contributed by atoms with E-state index in [1.165, 1.54) is 20.0 Å². The highest BCUT2D eigenvalue weighted by Gasteiger charge is 2.05. The monoisotopic (exact) mass is 297 g/mol. The highest BCUT2D eigenvalue weighted by Crippen LogP contribution is 2.02. The highest BCUT2D eigenvalue weighted by molar-refractivity contribution is 5.79. The van der Waals surface area contributed by atoms with E-state index in [4.69, 9.17) is 0 Å². The number of hydrogen-bond acceptors (Lipinski definition) is 3. The van der Waals surface area contributed by atoms with E-state index >= 15 is 0 Å². The van der Waals surface area contributed by atoms with Gasteiger partial charge in [0, 0.05) is 33.6 Å². The Balaban J connectivity index is 3.73. The van der Waals surface area contributed by atoms with E-state index in [0.29, 0.717) is 6.42 Å². The lowest BCUT2D eigenvalue weighted by atomic mass is 10.2. The van der Waals surface area contributed by atoms with Crippen LogP contribution in [0.25, 0.3) is 0 Å². The smallest absolute Gasteiger partial charge is 0.305 e. The second-order valence-corrected chi connectivity index (χ2v) is 5.07. The van der Waals surface area contributed by atoms with Crippen LogP contribution in [-0.4, -0.2) is 51.1 Å². The molecular weight excluding hydrogens is 266 g/mol. The van der Waals surface area contributed by atoms with Crippen molar-refractivity contribution in [2.75, 3.05) is 34.3 Å². The van der Waals surface area contributed by atoms with Crippen molar-refractivity contribution in [3.8, 4) is 0 Å². The number of allylic oxidation sites excluding steroid dienone is 1. The predicted molar refractivity (Wildman–Crippen MR) is 88.5 cm³/mol. The van der Waals surface area contributed by atoms with Crippen LogP contribution in [0.4, 0.5) is 0 Å². The molecule has 21 heavy (non-hydrogen) atoms. The van der Waals surface area contributed by atoms with Gasteiger partial charge in [-0.05, 0) is 32.1 Å². The van der Waals surface area contributed by atoms with Crippen molar-refractivity contribution in [1.29, 1.82) is 0 Å². The first kappa shape index (κ1) is 19.5. The minimum absolute atomic E-state index is 0.143. The number of esters is 1. The van der Waals surface area contributed by atoms with E-state index in [9.17, 15) is 4.79 Å². The maximum atomic E-state index is 11.0. The Kier molecular flexibility index (Phi) is 12.5. The number of unbranched alkanes of at least 4 members (excludes halogenated alkanes) is 4. The second kappa shape index (κ2) is 13.5. The minimum Gasteiger partial charge on any atom is -0.469 e. The Hall–Kier alpha value is -1.52. The van der Waals surface area contributed by atoms with Gasteiger partial charge in [0.25, 0.3) is 0 Å². The topological polar surface area (TPSA) is 53.9 Å². The first-order valence-corrected chi connectivity index (χ1v) is 7.75. The van der Waals surface area contributed by atoms with Gasteiger partial charge in [0.1, 0.15) is 0 Å². The lowest BCUT2D eigenvalue weighted by Gasteiger charge is -2.22. The second-order valence-electron chi connectivity index (χ2n) is 5.07. The molecule has 0 saturated carbocycles. The number of rotatable bonds is 11. The molecule has 0 aromatic carbocycles. The molecule has 0 aliphatic carbocycles. The zero-order valence-corrected chi connectivity index (χ0v) is 13.9. The summed E-state index contributed by atoms with van der Waals surface area (Å²) in [5.41, 5.74) is 0. The van der Waals surface area contributed by atoms with Crippen LogP contribution in [0.2, 0.25) is 0 Å². The zero-order valence-electron chi connectivity index (χ0n) is 13.9. The molecule has 0 spiro atoms. The van der Waals surface area contributed by atoms with Gasteiger partial charge in [-0.1, -0.05) is 12.5 Å². The van der Waals surface area contributed by atoms with Crippen molar-refractivity contribution in [3.05, 3.63) is 12.7 Å². The van der Waals surface area contributed by atoms with Crippen LogP contribution >= 0.6 is 0 Å². The van der Waals surface area contributed by atoms with Crippen molar-refractivity contribution in [2.24, 2.45) is 4.99 Å². The molecule has 5 heteroatoms. The fourth-order valence-corrected chi connectivity index (χ4v) is 2.00. The van der Waals surface area contributed by atoms with E-state index in [1.54, 1.807) is 7.05 Å². The standard InChI is InChI=1S/C16H31N3O2/c1-5-6-7-8-11-14-19(3)16(17-2)18-13-10-9-12-15(20)21-4/h5H,1,6-14H2,2-4H3,(H,17,18). The number of hydrogen-bond donors (Lipinski definition) is 1. The Morgan fingerprint density at radius 3 is 2.67 bits per heavy atom. The molecule has 0 amide bonds. The third-order valence-electron chi connectivity index (χ3n) is 3.29. The summed E-state index contributed by atoms with van der Waals surface area (Å²) in [6, 6.07) is 0. The van der Waals surface area contributed by atoms with Crippen LogP contribution < -0.4 is 5.32 Å². The van der Waals surface area contributed by atoms with Gasteiger partial charge in [0.2, 0.25) is 0 Å². The molecule has 0 heterocycles. The summed E-state index contributed by atoms with van der Waals surface area (Å²) < 4.78 is 4.61. The number of nitrogens with zero attached hydrogens (tertiary/aromatic N) is 2. The van der Waals surface area contributed by atoms with Gasteiger partial charge in [0.15, 0.2) is 5.96 Å². The first-order valence-electron chi connectivity index (χ1n) is 7.75. The maximum absolute atomic E-state index is 11.0. The molecule has 0 fully saturated rings. The van der Waals surface area contributed by atoms with Crippen molar-refractivity contribution < 1.29 is 9.53 Å². The molecule has 0 rings (SSSR count). The molecule has 0 bridgehead atoms. The summed E-state index contributed by atoms with van der Waals surface area (Å²) in [5, 5.41) is 3.32. The molecular formula is C16H31N3O2. The predicted octanol–water partition coefficient (Wildman–Crippen LogP) is 2.58. The molecule has 0 aliphatic rings. The van der Waals surface area contributed by atoms with Crippen LogP contribution in [0, 0.1) is 0 Å². The third-order valence-corrected chi connectivity index (χ3v) is 3.29. The fraction of sp³-hybridized carbons (Fsp3) is 0.750. The Labute approximate surface area is 129 Å². The number of guanidine groups is 1. The largest absolute Gasteiger partial charge is 0.469 e. The lowest BCUT2D eigenvalue weighted by molar-refractivity contribution is -0.140. The minimum atomic E-state index is -0.143. The molecule has 0 saturated heterocycles. The maximum Gasteiger partial charge on any atom is 0.305 e. The molecule has 0 atom stereocenters. The van der Waals surface area contributed by atoms with Crippen LogP contribution in [0.15, 0.2) is 17.6 Å². The number of nitrogens with one attached hydrogen (secondary N) is 1. The summed E-state index contributed by atoms with van der Waals surface area (Å²) in [6.07, 6.45) is 8.89. The summed E-state index contributed by atoms with van der Waals surface area (Å²) in [6.45, 7) is 5.55. The summed E-state index contributed by atoms with van der Waals surface area (Å²) in [4.78, 5) is 17.4. The van der Waals surface area contributed by atoms with Gasteiger partial charge in [-0.25, -0.2) is 0 Å². The number of carbonyl (C=O) groups is 1. The van der Waals surface area contributed by atoms with Crippen molar-refractivity contribution >= 4 is 11.9 Å². The van der Waals surface area contributed by atoms with E-state index in [-0.39, 0.29) is 5.97 Å². The van der Waals surface area contributed by atoms with E-state index < -0.39 is 0 Å². The van der Waals surface area contributed by atoms with Crippen LogP contribution in [-0.2, 0) is 9.53 Å². The third kappa shape index (κ3) is 10.9. The average Bonchev–Trinajstić information content (AvgIpc) is 2.50. The number of carbonyl (C=O) groups excluding carboxylic acids is 1. The zero-order chi connectivity index (χ0) is 15.9. The van der Waals surface area contributed by atoms with Gasteiger partial charge in [-0.15, -0.1) is 6.58 Å². The van der Waals surface area contributed by atoms with Gasteiger partial charge in [0.05, 0.1) is 7.11 Å². The Morgan fingerprint density at radius 1 is 1.29 bits per heavy atom. The van der Waals surface area contributed by atoms with Crippen molar-refractivity contribution in [1.82, 2.24) is 10.2 Å². The van der Waals surface area contributed by atoms with E-state index in [0.717, 1.165) is 44.7 Å². The van der Waals surface area contributed by atoms with Gasteiger partial charge in [-0.2, -0.15) is 0 Å². The molecule has 0 aromatic rings. The van der Waals surface area contributed by atoms with Crippen LogP contribution in [0.1, 0.15) is 44.9 Å². The summed E-state index contributed by atoms with van der Waals surface area (Å²) in [7, 11) is 5.27. The van der Waals surface area contributed by atoms with Gasteiger partial charge >= 0.3 is 5.97 Å². The average molecular weight is 297 g/mol. The summed E-state index contributed by atoms with van der Waals surface area (Å²) >= 11 is 0. The molecule has 5 nitrogen and oxygen atoms in total. The first-order chi connectivity index (χ1) is 10.2. The Morgan fingerprint density at radius 2 is 2.05 bits per heavy atom. The summed E-state index contributed by atoms with van der Waals surface area (Å²) in [5.74, 6) is 0.771. The van der Waals surface area contributed by atoms with E-state index in [2.05, 4.69) is 33.6 Å². The number of ether oxygens (including phenoxy) is 1. The molecule has 1 N–H and O–H groups in total. The normalized spacial score (nSPS) is 11.1. The molecule has 0 radical (unpaired) electrons. The van der Waals surface area contributed by atoms with Crippen molar-refractivity contribution in [3.63, 3.8) is 0 Å². The number of aliphatic imine (C=N–C) groups is 1. The van der Waals surface area contributed by atoms with Crippen LogP contribution in [0.3, 0.4) is 0 Å². The van der Waals surface area contributed by atoms with Crippen molar-refractivity contribution in [2.45, 2.75) is 44.9 Å². The fourth-order valence-electron chi connectivity index (χ4n) is 2.00. The highest BCUT2D eigenvalue weighted by atomic mass is 16.5. The SMILES string of the molecule is C=CCCCCCN(C)C(=NC)NCCCCC(=O)OC. The lowest BCUT2D eigenvalue weighted by Crippen LogP contribution is -2.39. The molecule has 0 unspecified atom stereocenters. The Bertz CT molecular complexity index is 317. The van der Waals surface area contributed by atoms with Gasteiger partial charge < -0.3 is 15.0 Å².